The van der Waals surface area contributed by atoms with Crippen molar-refractivity contribution in [3.05, 3.63) is 35.7 Å². The number of aryl methyl sites for hydroxylation is 2. The zero-order valence-electron chi connectivity index (χ0n) is 13.3. The van der Waals surface area contributed by atoms with Crippen LogP contribution in [0.2, 0.25) is 0 Å². The molecule has 0 radical (unpaired) electrons. The van der Waals surface area contributed by atoms with Gasteiger partial charge in [-0.15, -0.1) is 0 Å². The fraction of sp³-hybridized carbons (Fsp3) is 0.400. The number of H-pyrrole nitrogens is 1. The average molecular weight is 322 g/mol. The Morgan fingerprint density at radius 1 is 1.18 bits per heavy atom. The van der Waals surface area contributed by atoms with Crippen molar-refractivity contribution >= 4 is 21.4 Å². The molecule has 0 bridgehead atoms. The molecule has 0 saturated heterocycles. The monoisotopic (exact) mass is 322 g/mol. The Labute approximate surface area is 131 Å². The summed E-state index contributed by atoms with van der Waals surface area (Å²) in [6.07, 6.45) is 1.02. The van der Waals surface area contributed by atoms with Crippen molar-refractivity contribution in [1.82, 2.24) is 10.2 Å². The van der Waals surface area contributed by atoms with E-state index in [2.05, 4.69) is 34.1 Å². The van der Waals surface area contributed by atoms with Gasteiger partial charge >= 0.3 is 0 Å². The number of hydrogen-bond donors (Lipinski definition) is 3. The number of nitrogens with zero attached hydrogens (tertiary/aromatic N) is 1. The molecule has 6 nitrogen and oxygen atoms in total. The number of sulfonamides is 1. The van der Waals surface area contributed by atoms with Crippen LogP contribution in [0.25, 0.3) is 0 Å². The normalized spacial score (nSPS) is 12.9. The molecule has 0 aliphatic rings. The quantitative estimate of drug-likeness (QED) is 0.763. The highest BCUT2D eigenvalue weighted by Gasteiger charge is 2.22. The number of nitrogens with one attached hydrogen (secondary N) is 3. The topological polar surface area (TPSA) is 86.9 Å². The van der Waals surface area contributed by atoms with Crippen molar-refractivity contribution in [1.29, 1.82) is 0 Å². The Morgan fingerprint density at radius 2 is 1.77 bits per heavy atom. The molecule has 0 aliphatic carbocycles. The molecule has 7 heteroatoms. The van der Waals surface area contributed by atoms with E-state index in [0.717, 1.165) is 12.1 Å². The predicted octanol–water partition coefficient (Wildman–Crippen LogP) is 3.04. The van der Waals surface area contributed by atoms with E-state index in [1.165, 1.54) is 0 Å². The van der Waals surface area contributed by atoms with Gasteiger partial charge in [-0.05, 0) is 51.5 Å². The summed E-state index contributed by atoms with van der Waals surface area (Å²) in [5, 5.41) is 9.95. The van der Waals surface area contributed by atoms with Crippen LogP contribution in [0.3, 0.4) is 0 Å². The van der Waals surface area contributed by atoms with Crippen LogP contribution in [0.4, 0.5) is 11.4 Å². The number of anilines is 2. The van der Waals surface area contributed by atoms with E-state index < -0.39 is 10.0 Å². The highest BCUT2D eigenvalue weighted by Crippen LogP contribution is 2.22. The van der Waals surface area contributed by atoms with Crippen LogP contribution in [0.1, 0.15) is 31.7 Å². The molecular weight excluding hydrogens is 300 g/mol. The van der Waals surface area contributed by atoms with Crippen molar-refractivity contribution in [3.8, 4) is 0 Å². The number of aromatic amines is 1. The van der Waals surface area contributed by atoms with Crippen molar-refractivity contribution in [2.45, 2.75) is 45.1 Å². The van der Waals surface area contributed by atoms with Gasteiger partial charge in [0.2, 0.25) is 0 Å². The number of hydrogen-bond acceptors (Lipinski definition) is 4. The van der Waals surface area contributed by atoms with E-state index in [0.29, 0.717) is 23.1 Å². The van der Waals surface area contributed by atoms with Crippen molar-refractivity contribution in [2.75, 3.05) is 10.0 Å². The standard InChI is InChI=1S/C15H22N4O2S/c1-5-10(2)16-13-6-8-14(9-7-13)19-22(20,21)15-11(3)17-18-12(15)4/h6-10,16,19H,5H2,1-4H3,(H,17,18). The number of rotatable bonds is 6. The number of benzene rings is 1. The van der Waals surface area contributed by atoms with E-state index in [-0.39, 0.29) is 4.90 Å². The lowest BCUT2D eigenvalue weighted by Gasteiger charge is -2.14. The fourth-order valence-electron chi connectivity index (χ4n) is 2.16. The van der Waals surface area contributed by atoms with Gasteiger partial charge in [0.25, 0.3) is 10.0 Å². The predicted molar refractivity (Wildman–Crippen MR) is 88.7 cm³/mol. The van der Waals surface area contributed by atoms with Crippen LogP contribution < -0.4 is 10.0 Å². The Kier molecular flexibility index (Phi) is 4.75. The van der Waals surface area contributed by atoms with Crippen molar-refractivity contribution in [2.24, 2.45) is 0 Å². The van der Waals surface area contributed by atoms with E-state index in [4.69, 9.17) is 0 Å². The van der Waals surface area contributed by atoms with E-state index in [9.17, 15) is 8.42 Å². The molecule has 0 amide bonds. The maximum absolute atomic E-state index is 12.4. The SMILES string of the molecule is CCC(C)Nc1ccc(NS(=O)(=O)c2c(C)n[nH]c2C)cc1. The second-order valence-electron chi connectivity index (χ2n) is 5.40. The second kappa shape index (κ2) is 6.39. The third-order valence-corrected chi connectivity index (χ3v) is 5.14. The zero-order chi connectivity index (χ0) is 16.3. The van der Waals surface area contributed by atoms with Gasteiger partial charge in [0, 0.05) is 17.4 Å². The molecule has 120 valence electrons. The molecule has 0 fully saturated rings. The molecule has 22 heavy (non-hydrogen) atoms. The molecule has 3 N–H and O–H groups in total. The van der Waals surface area contributed by atoms with Gasteiger partial charge in [0.05, 0.1) is 11.4 Å². The Morgan fingerprint density at radius 3 is 2.27 bits per heavy atom. The van der Waals surface area contributed by atoms with Gasteiger partial charge in [-0.2, -0.15) is 5.10 Å². The summed E-state index contributed by atoms with van der Waals surface area (Å²) >= 11 is 0. The summed E-state index contributed by atoms with van der Waals surface area (Å²) in [5.74, 6) is 0. The molecule has 0 aliphatic heterocycles. The lowest BCUT2D eigenvalue weighted by atomic mass is 10.2. The maximum Gasteiger partial charge on any atom is 0.265 e. The summed E-state index contributed by atoms with van der Waals surface area (Å²) in [6, 6.07) is 7.58. The highest BCUT2D eigenvalue weighted by atomic mass is 32.2. The van der Waals surface area contributed by atoms with Gasteiger partial charge in [-0.25, -0.2) is 8.42 Å². The van der Waals surface area contributed by atoms with Crippen LogP contribution in [-0.4, -0.2) is 24.7 Å². The Balaban J connectivity index is 2.17. The minimum Gasteiger partial charge on any atom is -0.383 e. The van der Waals surface area contributed by atoms with Gasteiger partial charge in [-0.1, -0.05) is 6.92 Å². The van der Waals surface area contributed by atoms with Crippen molar-refractivity contribution in [3.63, 3.8) is 0 Å². The van der Waals surface area contributed by atoms with E-state index in [1.54, 1.807) is 26.0 Å². The first kappa shape index (κ1) is 16.4. The summed E-state index contributed by atoms with van der Waals surface area (Å²) in [4.78, 5) is 0.203. The molecule has 1 aromatic heterocycles. The third kappa shape index (κ3) is 3.59. The van der Waals surface area contributed by atoms with Gasteiger partial charge in [0.15, 0.2) is 0 Å². The molecule has 1 heterocycles. The number of aromatic nitrogens is 2. The summed E-state index contributed by atoms with van der Waals surface area (Å²) in [6.45, 7) is 7.56. The lowest BCUT2D eigenvalue weighted by molar-refractivity contribution is 0.600. The molecule has 0 saturated carbocycles. The van der Waals surface area contributed by atoms with Crippen LogP contribution >= 0.6 is 0 Å². The molecule has 0 spiro atoms. The van der Waals surface area contributed by atoms with E-state index in [1.807, 2.05) is 12.1 Å². The summed E-state index contributed by atoms with van der Waals surface area (Å²) in [7, 11) is -3.64. The van der Waals surface area contributed by atoms with Gasteiger partial charge in [0.1, 0.15) is 4.90 Å². The van der Waals surface area contributed by atoms with Gasteiger partial charge in [-0.3, -0.25) is 9.82 Å². The maximum atomic E-state index is 12.4. The lowest BCUT2D eigenvalue weighted by Crippen LogP contribution is -2.15. The first-order chi connectivity index (χ1) is 10.3. The summed E-state index contributed by atoms with van der Waals surface area (Å²) < 4.78 is 27.4. The minimum atomic E-state index is -3.64. The largest absolute Gasteiger partial charge is 0.383 e. The van der Waals surface area contributed by atoms with E-state index >= 15 is 0 Å². The first-order valence-electron chi connectivity index (χ1n) is 7.24. The molecule has 2 aromatic rings. The van der Waals surface area contributed by atoms with Crippen molar-refractivity contribution < 1.29 is 8.42 Å². The third-order valence-electron chi connectivity index (χ3n) is 3.49. The van der Waals surface area contributed by atoms with Crippen LogP contribution in [-0.2, 0) is 10.0 Å². The van der Waals surface area contributed by atoms with Crippen LogP contribution in [0, 0.1) is 13.8 Å². The van der Waals surface area contributed by atoms with Gasteiger partial charge < -0.3 is 5.32 Å². The van der Waals surface area contributed by atoms with Crippen LogP contribution in [0.15, 0.2) is 29.2 Å². The highest BCUT2D eigenvalue weighted by molar-refractivity contribution is 7.92. The molecule has 1 unspecified atom stereocenters. The Hall–Kier alpha value is -2.02. The molecule has 1 aromatic carbocycles. The second-order valence-corrected chi connectivity index (χ2v) is 7.02. The minimum absolute atomic E-state index is 0.203. The molecule has 2 rings (SSSR count). The first-order valence-corrected chi connectivity index (χ1v) is 8.72. The average Bonchev–Trinajstić information content (AvgIpc) is 2.80. The Bertz CT molecular complexity index is 716. The molecule has 1 atom stereocenters. The zero-order valence-corrected chi connectivity index (χ0v) is 14.1. The smallest absolute Gasteiger partial charge is 0.265 e. The molecular formula is C15H22N4O2S. The fourth-order valence-corrected chi connectivity index (χ4v) is 3.60. The van der Waals surface area contributed by atoms with Crippen LogP contribution in [0.5, 0.6) is 0 Å². The summed E-state index contributed by atoms with van der Waals surface area (Å²) in [5.41, 5.74) is 2.47.